The lowest BCUT2D eigenvalue weighted by Gasteiger charge is -2.27. The van der Waals surface area contributed by atoms with Crippen molar-refractivity contribution in [1.82, 2.24) is 19.8 Å². The summed E-state index contributed by atoms with van der Waals surface area (Å²) in [6.07, 6.45) is 2.53. The van der Waals surface area contributed by atoms with Crippen LogP contribution in [-0.4, -0.2) is 39.2 Å². The summed E-state index contributed by atoms with van der Waals surface area (Å²) in [5.41, 5.74) is 10.3. The maximum absolute atomic E-state index is 11.1. The van der Waals surface area contributed by atoms with Crippen LogP contribution in [0, 0.1) is 0 Å². The Labute approximate surface area is 129 Å². The van der Waals surface area contributed by atoms with Crippen molar-refractivity contribution in [3.63, 3.8) is 0 Å². The number of nitrogen functional groups attached to an aromatic ring is 1. The van der Waals surface area contributed by atoms with Gasteiger partial charge in [-0.1, -0.05) is 0 Å². The highest BCUT2D eigenvalue weighted by Gasteiger charge is 2.20. The number of hydrogen-bond donors (Lipinski definition) is 3. The van der Waals surface area contributed by atoms with E-state index >= 15 is 0 Å². The topological polar surface area (TPSA) is 132 Å². The molecule has 0 aromatic carbocycles. The molecule has 22 heavy (non-hydrogen) atoms. The molecule has 1 aliphatic heterocycles. The van der Waals surface area contributed by atoms with E-state index in [1.54, 1.807) is 12.3 Å². The van der Waals surface area contributed by atoms with E-state index in [1.807, 2.05) is 27.7 Å². The molecule has 1 aromatic rings. The zero-order chi connectivity index (χ0) is 16.9. The van der Waals surface area contributed by atoms with Gasteiger partial charge in [-0.3, -0.25) is 15.2 Å². The monoisotopic (exact) mass is 309 g/mol. The van der Waals surface area contributed by atoms with Crippen molar-refractivity contribution in [3.05, 3.63) is 22.7 Å². The van der Waals surface area contributed by atoms with Crippen LogP contribution in [0.4, 0.5) is 10.6 Å². The molecule has 9 nitrogen and oxygen atoms in total. The third-order valence-electron chi connectivity index (χ3n) is 2.82. The second-order valence-electron chi connectivity index (χ2n) is 5.30. The van der Waals surface area contributed by atoms with Crippen LogP contribution >= 0.6 is 0 Å². The molecule has 2 rings (SSSR count). The lowest BCUT2D eigenvalue weighted by molar-refractivity contribution is 0.206. The van der Waals surface area contributed by atoms with E-state index in [0.29, 0.717) is 0 Å². The maximum atomic E-state index is 11.1. The summed E-state index contributed by atoms with van der Waals surface area (Å²) in [4.78, 5) is 31.0. The van der Waals surface area contributed by atoms with Crippen molar-refractivity contribution in [1.29, 1.82) is 0 Å². The van der Waals surface area contributed by atoms with Gasteiger partial charge in [0.05, 0.1) is 6.34 Å². The average molecular weight is 309 g/mol. The van der Waals surface area contributed by atoms with Crippen LogP contribution in [0.25, 0.3) is 0 Å². The highest BCUT2D eigenvalue weighted by Crippen LogP contribution is 2.00. The molecule has 1 aromatic heterocycles. The van der Waals surface area contributed by atoms with E-state index < -0.39 is 6.29 Å². The molecule has 0 spiro atoms. The van der Waals surface area contributed by atoms with E-state index in [1.165, 1.54) is 15.8 Å². The van der Waals surface area contributed by atoms with Gasteiger partial charge in [-0.2, -0.15) is 4.98 Å². The highest BCUT2D eigenvalue weighted by atomic mass is 16.2. The number of carbonyl (C=O) groups excluding carboxylic acids is 1. The molecular formula is C13H23N7O2. The van der Waals surface area contributed by atoms with Crippen LogP contribution in [-0.2, 0) is 0 Å². The maximum Gasteiger partial charge on any atom is 0.349 e. The predicted octanol–water partition coefficient (Wildman–Crippen LogP) is 0.0970. The Hall–Kier alpha value is -2.42. The number of urea groups is 1. The summed E-state index contributed by atoms with van der Waals surface area (Å²) in [7, 11) is 0. The normalized spacial score (nSPS) is 17.3. The molecule has 1 aliphatic rings. The smallest absolute Gasteiger partial charge is 0.349 e. The first-order valence-electron chi connectivity index (χ1n) is 6.94. The summed E-state index contributed by atoms with van der Waals surface area (Å²) >= 11 is 0. The zero-order valence-electron chi connectivity index (χ0n) is 13.2. The summed E-state index contributed by atoms with van der Waals surface area (Å²) in [5.74, 6) is 0.270. The molecule has 122 valence electrons. The van der Waals surface area contributed by atoms with Crippen molar-refractivity contribution in [2.45, 2.75) is 46.1 Å². The minimum absolute atomic E-state index is 0.117. The molecule has 0 fully saturated rings. The summed E-state index contributed by atoms with van der Waals surface area (Å²) < 4.78 is 1.52. The van der Waals surface area contributed by atoms with Gasteiger partial charge in [0.2, 0.25) is 0 Å². The SMILES string of the molecule is CC(C)N1C=NC(N)NC1=O.CC(C)n1ccc(N)nc1=O. The summed E-state index contributed by atoms with van der Waals surface area (Å²) in [6.45, 7) is 7.64. The Morgan fingerprint density at radius 2 is 1.86 bits per heavy atom. The molecule has 1 unspecified atom stereocenters. The fourth-order valence-electron chi connectivity index (χ4n) is 1.62. The van der Waals surface area contributed by atoms with Crippen LogP contribution in [0.5, 0.6) is 0 Å². The molecule has 0 aliphatic carbocycles. The van der Waals surface area contributed by atoms with E-state index in [0.717, 1.165) is 0 Å². The standard InChI is InChI=1S/C7H11N3O.C6H12N4O/c1-5(2)10-4-3-6(8)9-7(10)11;1-4(2)10-3-8-5(7)9-6(10)11/h3-5H,1-2H3,(H2,8,9,11);3-5H,7H2,1-2H3,(H,9,11). The second-order valence-corrected chi connectivity index (χ2v) is 5.30. The van der Waals surface area contributed by atoms with Crippen molar-refractivity contribution < 1.29 is 4.79 Å². The number of aliphatic imine (C=N–C) groups is 1. The van der Waals surface area contributed by atoms with E-state index in [4.69, 9.17) is 11.5 Å². The lowest BCUT2D eigenvalue weighted by Crippen LogP contribution is -2.53. The molecule has 2 amide bonds. The minimum atomic E-state index is -0.586. The number of anilines is 1. The average Bonchev–Trinajstić information content (AvgIpc) is 2.38. The van der Waals surface area contributed by atoms with Crippen molar-refractivity contribution in [2.24, 2.45) is 10.7 Å². The van der Waals surface area contributed by atoms with Gasteiger partial charge in [-0.15, -0.1) is 0 Å². The van der Waals surface area contributed by atoms with Crippen LogP contribution in [0.1, 0.15) is 33.7 Å². The van der Waals surface area contributed by atoms with Gasteiger partial charge < -0.3 is 11.1 Å². The first kappa shape index (κ1) is 17.6. The molecule has 0 saturated carbocycles. The Morgan fingerprint density at radius 1 is 1.23 bits per heavy atom. The largest absolute Gasteiger partial charge is 0.383 e. The van der Waals surface area contributed by atoms with Gasteiger partial charge in [0.25, 0.3) is 0 Å². The number of nitrogens with two attached hydrogens (primary N) is 2. The molecule has 0 bridgehead atoms. The number of amides is 2. The predicted molar refractivity (Wildman–Crippen MR) is 85.3 cm³/mol. The number of aromatic nitrogens is 2. The molecule has 5 N–H and O–H groups in total. The fraction of sp³-hybridized carbons (Fsp3) is 0.538. The third kappa shape index (κ3) is 4.85. The molecule has 1 atom stereocenters. The van der Waals surface area contributed by atoms with Crippen LogP contribution in [0.15, 0.2) is 22.1 Å². The quantitative estimate of drug-likeness (QED) is 0.712. The number of carbonyl (C=O) groups is 1. The van der Waals surface area contributed by atoms with Gasteiger partial charge in [-0.25, -0.2) is 14.6 Å². The number of rotatable bonds is 2. The number of nitrogens with one attached hydrogen (secondary N) is 1. The van der Waals surface area contributed by atoms with Crippen molar-refractivity contribution in [2.75, 3.05) is 5.73 Å². The molecule has 0 radical (unpaired) electrons. The zero-order valence-corrected chi connectivity index (χ0v) is 13.2. The third-order valence-corrected chi connectivity index (χ3v) is 2.82. The van der Waals surface area contributed by atoms with Crippen LogP contribution < -0.4 is 22.5 Å². The van der Waals surface area contributed by atoms with Gasteiger partial charge in [0.15, 0.2) is 6.29 Å². The minimum Gasteiger partial charge on any atom is -0.383 e. The van der Waals surface area contributed by atoms with Gasteiger partial charge in [0.1, 0.15) is 5.82 Å². The van der Waals surface area contributed by atoms with Crippen LogP contribution in [0.3, 0.4) is 0 Å². The number of nitrogens with zero attached hydrogens (tertiary/aromatic N) is 4. The Bertz CT molecular complexity index is 594. The fourth-order valence-corrected chi connectivity index (χ4v) is 1.62. The van der Waals surface area contributed by atoms with E-state index in [2.05, 4.69) is 15.3 Å². The Morgan fingerprint density at radius 3 is 2.32 bits per heavy atom. The van der Waals surface area contributed by atoms with Crippen molar-refractivity contribution in [3.8, 4) is 0 Å². The van der Waals surface area contributed by atoms with Crippen LogP contribution in [0.2, 0.25) is 0 Å². The summed E-state index contributed by atoms with van der Waals surface area (Å²) in [5, 5.41) is 2.48. The first-order chi connectivity index (χ1) is 10.2. The lowest BCUT2D eigenvalue weighted by atomic mass is 10.3. The molecule has 2 heterocycles. The second kappa shape index (κ2) is 7.55. The molecule has 9 heteroatoms. The Kier molecular flexibility index (Phi) is 6.05. The summed E-state index contributed by atoms with van der Waals surface area (Å²) in [6, 6.07) is 1.67. The highest BCUT2D eigenvalue weighted by molar-refractivity contribution is 5.88. The van der Waals surface area contributed by atoms with E-state index in [9.17, 15) is 9.59 Å². The molecule has 0 saturated heterocycles. The van der Waals surface area contributed by atoms with Gasteiger partial charge in [-0.05, 0) is 33.8 Å². The number of hydrogen-bond acceptors (Lipinski definition) is 6. The van der Waals surface area contributed by atoms with Crippen molar-refractivity contribution >= 4 is 18.2 Å². The first-order valence-corrected chi connectivity index (χ1v) is 6.94. The van der Waals surface area contributed by atoms with Gasteiger partial charge in [0, 0.05) is 18.3 Å². The Balaban J connectivity index is 0.000000220. The van der Waals surface area contributed by atoms with Gasteiger partial charge >= 0.3 is 11.7 Å². The van der Waals surface area contributed by atoms with E-state index in [-0.39, 0.29) is 29.6 Å². The molecular weight excluding hydrogens is 286 g/mol.